The van der Waals surface area contributed by atoms with Crippen LogP contribution in [0.5, 0.6) is 0 Å². The fourth-order valence-corrected chi connectivity index (χ4v) is 4.03. The van der Waals surface area contributed by atoms with E-state index in [0.717, 1.165) is 44.8 Å². The molecule has 2 aromatic rings. The second-order valence-electron chi connectivity index (χ2n) is 7.82. The van der Waals surface area contributed by atoms with E-state index in [1.165, 1.54) is 34.9 Å². The smallest absolute Gasteiger partial charge is 0.222 e. The third kappa shape index (κ3) is 3.90. The number of carbonyl (C=O) groups excluding carboxylic acids is 1. The lowest BCUT2D eigenvalue weighted by molar-refractivity contribution is -0.130. The number of nitrogens with one attached hydrogen (secondary N) is 2. The molecule has 25 heavy (non-hydrogen) atoms. The van der Waals surface area contributed by atoms with Gasteiger partial charge in [-0.15, -0.1) is 0 Å². The van der Waals surface area contributed by atoms with E-state index in [1.807, 2.05) is 0 Å². The van der Waals surface area contributed by atoms with Gasteiger partial charge in [0.2, 0.25) is 5.91 Å². The SMILES string of the molecule is Cc1cccc2c(CCN[C@H]3CCC(=O)N(CC4CC4)CC3)c[nH]c12. The van der Waals surface area contributed by atoms with Gasteiger partial charge in [0, 0.05) is 42.7 Å². The first-order valence-corrected chi connectivity index (χ1v) is 9.77. The number of H-pyrrole nitrogens is 1. The largest absolute Gasteiger partial charge is 0.361 e. The number of amides is 1. The summed E-state index contributed by atoms with van der Waals surface area (Å²) in [6, 6.07) is 6.96. The highest BCUT2D eigenvalue weighted by atomic mass is 16.2. The minimum Gasteiger partial charge on any atom is -0.361 e. The molecule has 2 heterocycles. The molecule has 2 fully saturated rings. The Morgan fingerprint density at radius 2 is 2.12 bits per heavy atom. The van der Waals surface area contributed by atoms with Crippen molar-refractivity contribution in [2.75, 3.05) is 19.6 Å². The number of likely N-dealkylation sites (tertiary alicyclic amines) is 1. The molecule has 0 unspecified atom stereocenters. The molecule has 1 saturated heterocycles. The van der Waals surface area contributed by atoms with Crippen LogP contribution in [0.2, 0.25) is 0 Å². The van der Waals surface area contributed by atoms with E-state index >= 15 is 0 Å². The zero-order valence-electron chi connectivity index (χ0n) is 15.2. The van der Waals surface area contributed by atoms with Gasteiger partial charge in [-0.1, -0.05) is 18.2 Å². The molecular weight excluding hydrogens is 310 g/mol. The Balaban J connectivity index is 1.29. The summed E-state index contributed by atoms with van der Waals surface area (Å²) < 4.78 is 0. The van der Waals surface area contributed by atoms with E-state index in [2.05, 4.69) is 46.5 Å². The fraction of sp³-hybridized carbons (Fsp3) is 0.571. The van der Waals surface area contributed by atoms with Gasteiger partial charge >= 0.3 is 0 Å². The molecule has 1 aliphatic carbocycles. The molecule has 1 saturated carbocycles. The molecule has 1 aromatic carbocycles. The number of hydrogen-bond donors (Lipinski definition) is 2. The number of hydrogen-bond acceptors (Lipinski definition) is 2. The normalized spacial score (nSPS) is 21.7. The summed E-state index contributed by atoms with van der Waals surface area (Å²) in [5.74, 6) is 1.15. The molecule has 2 N–H and O–H groups in total. The number of aromatic amines is 1. The zero-order chi connectivity index (χ0) is 17.2. The van der Waals surface area contributed by atoms with Gasteiger partial charge in [-0.2, -0.15) is 0 Å². The van der Waals surface area contributed by atoms with Crippen molar-refractivity contribution in [2.45, 2.75) is 51.5 Å². The lowest BCUT2D eigenvalue weighted by Crippen LogP contribution is -2.34. The Bertz CT molecular complexity index is 747. The molecule has 0 radical (unpaired) electrons. The van der Waals surface area contributed by atoms with Gasteiger partial charge in [0.05, 0.1) is 0 Å². The summed E-state index contributed by atoms with van der Waals surface area (Å²) >= 11 is 0. The van der Waals surface area contributed by atoms with Crippen molar-refractivity contribution in [3.63, 3.8) is 0 Å². The van der Waals surface area contributed by atoms with Crippen molar-refractivity contribution in [2.24, 2.45) is 5.92 Å². The van der Waals surface area contributed by atoms with Crippen LogP contribution in [0.3, 0.4) is 0 Å². The lowest BCUT2D eigenvalue weighted by atomic mass is 10.1. The molecule has 1 aliphatic heterocycles. The van der Waals surface area contributed by atoms with Crippen molar-refractivity contribution in [3.05, 3.63) is 35.5 Å². The van der Waals surface area contributed by atoms with Gasteiger partial charge < -0.3 is 15.2 Å². The average molecular weight is 339 g/mol. The van der Waals surface area contributed by atoms with Crippen LogP contribution in [0, 0.1) is 12.8 Å². The number of aromatic nitrogens is 1. The van der Waals surface area contributed by atoms with Crippen molar-refractivity contribution in [1.29, 1.82) is 0 Å². The molecule has 2 aliphatic rings. The number of rotatable bonds is 6. The first-order chi connectivity index (χ1) is 12.2. The van der Waals surface area contributed by atoms with Crippen molar-refractivity contribution >= 4 is 16.8 Å². The second-order valence-corrected chi connectivity index (χ2v) is 7.82. The maximum atomic E-state index is 12.3. The predicted molar refractivity (Wildman–Crippen MR) is 102 cm³/mol. The van der Waals surface area contributed by atoms with Gasteiger partial charge in [-0.05, 0) is 62.6 Å². The zero-order valence-corrected chi connectivity index (χ0v) is 15.2. The Hall–Kier alpha value is -1.81. The summed E-state index contributed by atoms with van der Waals surface area (Å²) in [4.78, 5) is 17.8. The highest BCUT2D eigenvalue weighted by Gasteiger charge is 2.28. The van der Waals surface area contributed by atoms with Crippen LogP contribution in [-0.2, 0) is 11.2 Å². The van der Waals surface area contributed by atoms with Crippen LogP contribution in [-0.4, -0.2) is 41.5 Å². The molecule has 4 heteroatoms. The molecule has 0 spiro atoms. The second kappa shape index (κ2) is 7.20. The van der Waals surface area contributed by atoms with E-state index in [4.69, 9.17) is 0 Å². The van der Waals surface area contributed by atoms with Crippen LogP contribution in [0.15, 0.2) is 24.4 Å². The number of benzene rings is 1. The highest BCUT2D eigenvalue weighted by Crippen LogP contribution is 2.30. The van der Waals surface area contributed by atoms with Crippen molar-refractivity contribution in [1.82, 2.24) is 15.2 Å². The van der Waals surface area contributed by atoms with Gasteiger partial charge in [0.15, 0.2) is 0 Å². The Morgan fingerprint density at radius 3 is 2.96 bits per heavy atom. The topological polar surface area (TPSA) is 48.1 Å². The first-order valence-electron chi connectivity index (χ1n) is 9.77. The van der Waals surface area contributed by atoms with Gasteiger partial charge in [-0.25, -0.2) is 0 Å². The third-order valence-electron chi connectivity index (χ3n) is 5.82. The molecule has 4 rings (SSSR count). The summed E-state index contributed by atoms with van der Waals surface area (Å²) in [6.45, 7) is 5.05. The van der Waals surface area contributed by atoms with E-state index < -0.39 is 0 Å². The van der Waals surface area contributed by atoms with E-state index in [9.17, 15) is 4.79 Å². The quantitative estimate of drug-likeness (QED) is 0.847. The highest BCUT2D eigenvalue weighted by molar-refractivity contribution is 5.85. The number of aryl methyl sites for hydroxylation is 1. The molecule has 1 amide bonds. The Labute approximate surface area is 150 Å². The van der Waals surface area contributed by atoms with Gasteiger partial charge in [0.1, 0.15) is 0 Å². The van der Waals surface area contributed by atoms with Crippen LogP contribution < -0.4 is 5.32 Å². The van der Waals surface area contributed by atoms with E-state index in [1.54, 1.807) is 0 Å². The number of para-hydroxylation sites is 1. The van der Waals surface area contributed by atoms with E-state index in [-0.39, 0.29) is 0 Å². The monoisotopic (exact) mass is 339 g/mol. The number of nitrogens with zero attached hydrogens (tertiary/aromatic N) is 1. The van der Waals surface area contributed by atoms with E-state index in [0.29, 0.717) is 18.4 Å². The Morgan fingerprint density at radius 1 is 1.24 bits per heavy atom. The lowest BCUT2D eigenvalue weighted by Gasteiger charge is -2.20. The maximum absolute atomic E-state index is 12.3. The number of fused-ring (bicyclic) bond motifs is 1. The van der Waals surface area contributed by atoms with Gasteiger partial charge in [0.25, 0.3) is 0 Å². The molecule has 1 aromatic heterocycles. The minimum absolute atomic E-state index is 0.364. The molecule has 0 bridgehead atoms. The molecular formula is C21H29N3O. The van der Waals surface area contributed by atoms with Crippen LogP contribution in [0.25, 0.3) is 10.9 Å². The minimum atomic E-state index is 0.364. The van der Waals surface area contributed by atoms with Crippen LogP contribution in [0.4, 0.5) is 0 Å². The summed E-state index contributed by atoms with van der Waals surface area (Å²) in [7, 11) is 0. The summed E-state index contributed by atoms with van der Waals surface area (Å²) in [6.07, 6.45) is 8.58. The van der Waals surface area contributed by atoms with Crippen LogP contribution in [0.1, 0.15) is 43.2 Å². The number of carbonyl (C=O) groups is 1. The predicted octanol–water partition coefficient (Wildman–Crippen LogP) is 3.40. The van der Waals surface area contributed by atoms with Gasteiger partial charge in [-0.3, -0.25) is 4.79 Å². The average Bonchev–Trinajstić information content (AvgIpc) is 3.36. The molecule has 1 atom stereocenters. The first kappa shape index (κ1) is 16.6. The summed E-state index contributed by atoms with van der Waals surface area (Å²) in [5, 5.41) is 5.04. The van der Waals surface area contributed by atoms with Crippen LogP contribution >= 0.6 is 0 Å². The third-order valence-corrected chi connectivity index (χ3v) is 5.82. The molecule has 134 valence electrons. The van der Waals surface area contributed by atoms with Crippen molar-refractivity contribution < 1.29 is 4.79 Å². The maximum Gasteiger partial charge on any atom is 0.222 e. The fourth-order valence-electron chi connectivity index (χ4n) is 4.03. The van der Waals surface area contributed by atoms with Crippen molar-refractivity contribution in [3.8, 4) is 0 Å². The molecule has 4 nitrogen and oxygen atoms in total. The standard InChI is InChI=1S/C21H29N3O/c1-15-3-2-4-19-17(13-23-21(15)19)9-11-22-18-7-8-20(25)24(12-10-18)14-16-5-6-16/h2-4,13,16,18,22-23H,5-12,14H2,1H3/t18-/m0/s1. The summed E-state index contributed by atoms with van der Waals surface area (Å²) in [5.41, 5.74) is 3.94. The Kier molecular flexibility index (Phi) is 4.80.